The van der Waals surface area contributed by atoms with Gasteiger partial charge in [-0.3, -0.25) is 14.3 Å². The van der Waals surface area contributed by atoms with Crippen molar-refractivity contribution in [2.75, 3.05) is 26.0 Å². The van der Waals surface area contributed by atoms with Gasteiger partial charge in [-0.15, -0.1) is 16.8 Å². The molecular weight excluding hydrogens is 326 g/mol. The first-order valence-electron chi connectivity index (χ1n) is 7.59. The Hall–Kier alpha value is -2.19. The zero-order chi connectivity index (χ0) is 17.2. The van der Waals surface area contributed by atoms with Crippen LogP contribution in [-0.2, 0) is 16.1 Å². The van der Waals surface area contributed by atoms with E-state index >= 15 is 0 Å². The number of rotatable bonds is 10. The van der Waals surface area contributed by atoms with Crippen LogP contribution in [0.3, 0.4) is 0 Å². The summed E-state index contributed by atoms with van der Waals surface area (Å²) in [5.41, 5.74) is 0.926. The zero-order valence-corrected chi connectivity index (χ0v) is 14.5. The molecule has 1 N–H and O–H groups in total. The van der Waals surface area contributed by atoms with Crippen LogP contribution in [0.25, 0.3) is 11.4 Å². The number of carbonyl (C=O) groups excluding carboxylic acids is 1. The van der Waals surface area contributed by atoms with Crippen LogP contribution >= 0.6 is 11.8 Å². The van der Waals surface area contributed by atoms with E-state index in [2.05, 4.69) is 27.1 Å². The molecule has 0 aliphatic rings. The quantitative estimate of drug-likeness (QED) is 0.401. The lowest BCUT2D eigenvalue weighted by Gasteiger charge is -2.08. The first-order chi connectivity index (χ1) is 11.8. The largest absolute Gasteiger partial charge is 0.385 e. The molecule has 0 atom stereocenters. The topological polar surface area (TPSA) is 81.9 Å². The highest BCUT2D eigenvalue weighted by Crippen LogP contribution is 2.23. The summed E-state index contributed by atoms with van der Waals surface area (Å²) in [6.07, 6.45) is 6.00. The highest BCUT2D eigenvalue weighted by Gasteiger charge is 2.14. The van der Waals surface area contributed by atoms with E-state index in [4.69, 9.17) is 4.74 Å². The molecule has 128 valence electrons. The highest BCUT2D eigenvalue weighted by atomic mass is 32.2. The maximum Gasteiger partial charge on any atom is 0.230 e. The molecule has 0 aromatic carbocycles. The molecule has 1 amide bonds. The Kier molecular flexibility index (Phi) is 7.44. The van der Waals surface area contributed by atoms with Crippen molar-refractivity contribution in [2.24, 2.45) is 0 Å². The summed E-state index contributed by atoms with van der Waals surface area (Å²) in [4.78, 5) is 15.9. The Bertz CT molecular complexity index is 660. The minimum absolute atomic E-state index is 0.0327. The number of hydrogen-bond acceptors (Lipinski definition) is 6. The van der Waals surface area contributed by atoms with Gasteiger partial charge in [-0.05, 0) is 18.6 Å². The molecule has 0 fully saturated rings. The van der Waals surface area contributed by atoms with Crippen LogP contribution in [0.1, 0.15) is 6.42 Å². The van der Waals surface area contributed by atoms with E-state index in [0.29, 0.717) is 30.6 Å². The van der Waals surface area contributed by atoms with E-state index in [1.165, 1.54) is 11.8 Å². The Labute approximate surface area is 145 Å². The van der Waals surface area contributed by atoms with Gasteiger partial charge >= 0.3 is 0 Å². The molecule has 0 aliphatic carbocycles. The molecule has 7 nitrogen and oxygen atoms in total. The predicted octanol–water partition coefficient (Wildman–Crippen LogP) is 1.77. The number of hydrogen-bond donors (Lipinski definition) is 1. The third-order valence-corrected chi connectivity index (χ3v) is 4.11. The third kappa shape index (κ3) is 5.17. The minimum atomic E-state index is -0.0327. The second-order valence-corrected chi connectivity index (χ2v) is 5.87. The summed E-state index contributed by atoms with van der Waals surface area (Å²) < 4.78 is 6.88. The molecule has 2 heterocycles. The Morgan fingerprint density at radius 1 is 1.42 bits per heavy atom. The van der Waals surface area contributed by atoms with Crippen LogP contribution in [-0.4, -0.2) is 51.7 Å². The van der Waals surface area contributed by atoms with Gasteiger partial charge in [-0.25, -0.2) is 0 Å². The first kappa shape index (κ1) is 18.2. The number of pyridine rings is 1. The van der Waals surface area contributed by atoms with Crippen molar-refractivity contribution in [3.63, 3.8) is 0 Å². The molecule has 0 bridgehead atoms. The molecule has 0 spiro atoms. The number of aromatic nitrogens is 4. The van der Waals surface area contributed by atoms with E-state index in [1.807, 2.05) is 16.7 Å². The predicted molar refractivity (Wildman–Crippen MR) is 93.7 cm³/mol. The van der Waals surface area contributed by atoms with Crippen LogP contribution < -0.4 is 5.32 Å². The lowest BCUT2D eigenvalue weighted by molar-refractivity contribution is -0.118. The van der Waals surface area contributed by atoms with Gasteiger partial charge in [0, 0.05) is 44.8 Å². The second kappa shape index (κ2) is 9.84. The van der Waals surface area contributed by atoms with Gasteiger partial charge in [0.15, 0.2) is 11.0 Å². The van der Waals surface area contributed by atoms with E-state index in [0.717, 1.165) is 17.8 Å². The van der Waals surface area contributed by atoms with Crippen LogP contribution in [0, 0.1) is 0 Å². The smallest absolute Gasteiger partial charge is 0.230 e. The van der Waals surface area contributed by atoms with Gasteiger partial charge in [0.2, 0.25) is 5.91 Å². The number of thioether (sulfide) groups is 1. The van der Waals surface area contributed by atoms with Gasteiger partial charge in [0.1, 0.15) is 0 Å². The molecule has 0 saturated heterocycles. The monoisotopic (exact) mass is 347 g/mol. The van der Waals surface area contributed by atoms with E-state index < -0.39 is 0 Å². The number of nitrogens with one attached hydrogen (secondary N) is 1. The number of nitrogens with zero attached hydrogens (tertiary/aromatic N) is 4. The van der Waals surface area contributed by atoms with Crippen molar-refractivity contribution in [1.29, 1.82) is 0 Å². The minimum Gasteiger partial charge on any atom is -0.385 e. The summed E-state index contributed by atoms with van der Waals surface area (Å²) in [6.45, 7) is 5.59. The van der Waals surface area contributed by atoms with Crippen LogP contribution in [0.15, 0.2) is 42.3 Å². The fourth-order valence-corrected chi connectivity index (χ4v) is 2.81. The normalized spacial score (nSPS) is 10.5. The summed E-state index contributed by atoms with van der Waals surface area (Å²) >= 11 is 1.36. The van der Waals surface area contributed by atoms with Gasteiger partial charge in [0.25, 0.3) is 0 Å². The fraction of sp³-hybridized carbons (Fsp3) is 0.375. The summed E-state index contributed by atoms with van der Waals surface area (Å²) in [7, 11) is 1.64. The van der Waals surface area contributed by atoms with Crippen molar-refractivity contribution < 1.29 is 9.53 Å². The van der Waals surface area contributed by atoms with Crippen LogP contribution in [0.4, 0.5) is 0 Å². The Morgan fingerprint density at radius 2 is 2.21 bits per heavy atom. The van der Waals surface area contributed by atoms with Gasteiger partial charge in [-0.1, -0.05) is 17.8 Å². The zero-order valence-electron chi connectivity index (χ0n) is 13.6. The molecule has 0 unspecified atom stereocenters. The molecule has 2 rings (SSSR count). The van der Waals surface area contributed by atoms with Gasteiger partial charge < -0.3 is 10.1 Å². The molecule has 0 aliphatic heterocycles. The number of carbonyl (C=O) groups is 1. The van der Waals surface area contributed by atoms with E-state index in [-0.39, 0.29) is 5.91 Å². The van der Waals surface area contributed by atoms with E-state index in [1.54, 1.807) is 25.6 Å². The maximum absolute atomic E-state index is 11.9. The molecule has 0 saturated carbocycles. The molecule has 2 aromatic heterocycles. The molecular formula is C16H21N5O2S. The number of methoxy groups -OCH3 is 1. The summed E-state index contributed by atoms with van der Waals surface area (Å²) in [5, 5.41) is 12.0. The van der Waals surface area contributed by atoms with Crippen LogP contribution in [0.5, 0.6) is 0 Å². The molecule has 24 heavy (non-hydrogen) atoms. The average molecular weight is 347 g/mol. The van der Waals surface area contributed by atoms with Gasteiger partial charge in [-0.2, -0.15) is 0 Å². The van der Waals surface area contributed by atoms with Gasteiger partial charge in [0.05, 0.1) is 5.75 Å². The van der Waals surface area contributed by atoms with E-state index in [9.17, 15) is 4.79 Å². The summed E-state index contributed by atoms with van der Waals surface area (Å²) in [5.74, 6) is 0.994. The first-order valence-corrected chi connectivity index (χ1v) is 8.57. The molecule has 2 aromatic rings. The van der Waals surface area contributed by atoms with Crippen LogP contribution in [0.2, 0.25) is 0 Å². The van der Waals surface area contributed by atoms with Crippen molar-refractivity contribution in [1.82, 2.24) is 25.1 Å². The third-order valence-electron chi connectivity index (χ3n) is 3.15. The fourth-order valence-electron chi connectivity index (χ4n) is 2.03. The van der Waals surface area contributed by atoms with Crippen molar-refractivity contribution in [3.05, 3.63) is 37.2 Å². The standard InChI is InChI=1S/C16H21N5O2S/c1-3-10-21-15(13-5-8-17-9-6-13)19-20-16(21)24-12-14(22)18-7-4-11-23-2/h3,5-6,8-9H,1,4,7,10-12H2,2H3,(H,18,22). The second-order valence-electron chi connectivity index (χ2n) is 4.93. The van der Waals surface area contributed by atoms with Crippen molar-refractivity contribution >= 4 is 17.7 Å². The summed E-state index contributed by atoms with van der Waals surface area (Å²) in [6, 6.07) is 3.75. The molecule has 0 radical (unpaired) electrons. The SMILES string of the molecule is C=CCn1c(SCC(=O)NCCCOC)nnc1-c1ccncc1. The maximum atomic E-state index is 11.9. The number of amides is 1. The lowest BCUT2D eigenvalue weighted by Crippen LogP contribution is -2.27. The lowest BCUT2D eigenvalue weighted by atomic mass is 10.2. The van der Waals surface area contributed by atoms with Crippen molar-refractivity contribution in [3.8, 4) is 11.4 Å². The number of allylic oxidation sites excluding steroid dienone is 1. The Morgan fingerprint density at radius 3 is 2.92 bits per heavy atom. The highest BCUT2D eigenvalue weighted by molar-refractivity contribution is 7.99. The Balaban J connectivity index is 1.99. The average Bonchev–Trinajstić information content (AvgIpc) is 3.01. The van der Waals surface area contributed by atoms with Crippen molar-refractivity contribution in [2.45, 2.75) is 18.1 Å². The number of ether oxygens (including phenoxy) is 1. The molecule has 8 heteroatoms.